The van der Waals surface area contributed by atoms with Gasteiger partial charge >= 0.3 is 0 Å². The second kappa shape index (κ2) is 5.44. The number of Topliss-reactive ketones (excluding diaryl/α,β-unsaturated/α-hetero) is 1. The minimum Gasteiger partial charge on any atom is -0.457 e. The van der Waals surface area contributed by atoms with Crippen LogP contribution in [0.1, 0.15) is 17.7 Å². The van der Waals surface area contributed by atoms with Crippen molar-refractivity contribution in [2.24, 2.45) is 0 Å². The number of carbonyl (C=O) groups excluding carboxylic acids is 3. The number of benzene rings is 1. The molecule has 1 saturated heterocycles. The van der Waals surface area contributed by atoms with Gasteiger partial charge in [-0.05, 0) is 25.1 Å². The van der Waals surface area contributed by atoms with Gasteiger partial charge in [0.05, 0.1) is 12.0 Å². The van der Waals surface area contributed by atoms with Crippen LogP contribution in [0.2, 0.25) is 0 Å². The Morgan fingerprint density at radius 1 is 1.05 bits per heavy atom. The average molecular weight is 295 g/mol. The molecule has 1 aromatic carbocycles. The van der Waals surface area contributed by atoms with Crippen molar-refractivity contribution in [2.45, 2.75) is 13.3 Å². The molecule has 1 aliphatic heterocycles. The summed E-state index contributed by atoms with van der Waals surface area (Å²) >= 11 is 0. The molecule has 0 spiro atoms. The summed E-state index contributed by atoms with van der Waals surface area (Å²) in [6, 6.07) is 11.3. The highest BCUT2D eigenvalue weighted by Crippen LogP contribution is 2.24. The van der Waals surface area contributed by atoms with E-state index in [4.69, 9.17) is 4.42 Å². The predicted octanol–water partition coefficient (Wildman–Crippen LogP) is 2.25. The molecular weight excluding hydrogens is 282 g/mol. The van der Waals surface area contributed by atoms with Gasteiger partial charge in [-0.25, -0.2) is 0 Å². The van der Waals surface area contributed by atoms with E-state index in [0.29, 0.717) is 11.5 Å². The highest BCUT2D eigenvalue weighted by molar-refractivity contribution is 6.32. The number of ketones is 1. The zero-order valence-corrected chi connectivity index (χ0v) is 11.9. The van der Waals surface area contributed by atoms with Crippen LogP contribution in [0, 0.1) is 6.92 Å². The molecule has 2 heterocycles. The molecule has 0 saturated carbocycles. The van der Waals surface area contributed by atoms with Crippen LogP contribution in [0.25, 0.3) is 17.4 Å². The second-order valence-corrected chi connectivity index (χ2v) is 5.10. The molecule has 0 atom stereocenters. The normalized spacial score (nSPS) is 17.0. The van der Waals surface area contributed by atoms with Crippen LogP contribution in [0.3, 0.4) is 0 Å². The molecule has 0 aliphatic carbocycles. The van der Waals surface area contributed by atoms with Gasteiger partial charge in [0.1, 0.15) is 11.5 Å². The van der Waals surface area contributed by atoms with Gasteiger partial charge in [0.25, 0.3) is 5.91 Å². The maximum Gasteiger partial charge on any atom is 0.261 e. The molecule has 1 N–H and O–H groups in total. The van der Waals surface area contributed by atoms with E-state index < -0.39 is 17.6 Å². The lowest BCUT2D eigenvalue weighted by atomic mass is 10.0. The van der Waals surface area contributed by atoms with Crippen molar-refractivity contribution in [2.75, 3.05) is 0 Å². The Bertz CT molecular complexity index is 774. The summed E-state index contributed by atoms with van der Waals surface area (Å²) in [6.45, 7) is 2.00. The lowest BCUT2D eigenvalue weighted by Crippen LogP contribution is -2.40. The molecule has 110 valence electrons. The molecule has 2 amide bonds. The van der Waals surface area contributed by atoms with Crippen molar-refractivity contribution in [1.82, 2.24) is 5.32 Å². The molecule has 0 unspecified atom stereocenters. The summed E-state index contributed by atoms with van der Waals surface area (Å²) in [5.74, 6) is -0.724. The Balaban J connectivity index is 1.89. The zero-order valence-electron chi connectivity index (χ0n) is 11.9. The van der Waals surface area contributed by atoms with Crippen molar-refractivity contribution in [3.63, 3.8) is 0 Å². The lowest BCUT2D eigenvalue weighted by molar-refractivity contribution is -0.134. The monoisotopic (exact) mass is 295 g/mol. The first-order chi connectivity index (χ1) is 10.5. The Kier molecular flexibility index (Phi) is 3.47. The number of nitrogens with one attached hydrogen (secondary N) is 1. The predicted molar refractivity (Wildman–Crippen MR) is 79.6 cm³/mol. The quantitative estimate of drug-likeness (QED) is 0.399. The van der Waals surface area contributed by atoms with Crippen molar-refractivity contribution in [3.05, 3.63) is 53.3 Å². The Hall–Kier alpha value is -2.95. The molecule has 2 aromatic rings. The third kappa shape index (κ3) is 2.74. The highest BCUT2D eigenvalue weighted by Gasteiger charge is 2.28. The molecule has 1 aliphatic rings. The molecular formula is C17H13NO4. The first-order valence-electron chi connectivity index (χ1n) is 6.79. The minimum absolute atomic E-state index is 0.0654. The largest absolute Gasteiger partial charge is 0.457 e. The third-order valence-corrected chi connectivity index (χ3v) is 3.37. The molecule has 0 radical (unpaired) electrons. The average Bonchev–Trinajstić information content (AvgIpc) is 2.92. The molecule has 22 heavy (non-hydrogen) atoms. The summed E-state index contributed by atoms with van der Waals surface area (Å²) < 4.78 is 5.64. The lowest BCUT2D eigenvalue weighted by Gasteiger charge is -2.11. The summed E-state index contributed by atoms with van der Waals surface area (Å²) in [5.41, 5.74) is 1.99. The van der Waals surface area contributed by atoms with Gasteiger partial charge in [0.2, 0.25) is 5.91 Å². The van der Waals surface area contributed by atoms with Gasteiger partial charge in [0, 0.05) is 5.56 Å². The standard InChI is InChI=1S/C17H13NO4/c1-10-2-4-11(5-3-10)15-7-6-12(22-15)8-13-14(19)9-16(20)18-17(13)21/h2-8H,9H2,1H3,(H,18,20,21)/b13-8+. The van der Waals surface area contributed by atoms with E-state index in [1.807, 2.05) is 31.2 Å². The third-order valence-electron chi connectivity index (χ3n) is 3.37. The maximum atomic E-state index is 11.7. The van der Waals surface area contributed by atoms with Crippen LogP contribution < -0.4 is 5.32 Å². The second-order valence-electron chi connectivity index (χ2n) is 5.10. The van der Waals surface area contributed by atoms with Gasteiger partial charge < -0.3 is 4.42 Å². The van der Waals surface area contributed by atoms with Gasteiger partial charge in [0.15, 0.2) is 5.78 Å². The topological polar surface area (TPSA) is 76.4 Å². The fourth-order valence-electron chi connectivity index (χ4n) is 2.20. The molecule has 5 heteroatoms. The van der Waals surface area contributed by atoms with Crippen molar-refractivity contribution < 1.29 is 18.8 Å². The highest BCUT2D eigenvalue weighted by atomic mass is 16.3. The summed E-state index contributed by atoms with van der Waals surface area (Å²) in [4.78, 5) is 34.5. The number of hydrogen-bond acceptors (Lipinski definition) is 4. The summed E-state index contributed by atoms with van der Waals surface area (Å²) in [5, 5.41) is 2.12. The zero-order chi connectivity index (χ0) is 15.7. The van der Waals surface area contributed by atoms with Crippen LogP contribution in [0.5, 0.6) is 0 Å². The first-order valence-corrected chi connectivity index (χ1v) is 6.79. The minimum atomic E-state index is -0.686. The maximum absolute atomic E-state index is 11.7. The van der Waals surface area contributed by atoms with E-state index in [2.05, 4.69) is 5.32 Å². The Morgan fingerprint density at radius 3 is 2.45 bits per heavy atom. The number of carbonyl (C=O) groups is 3. The number of piperidine rings is 1. The Labute approximate surface area is 126 Å². The van der Waals surface area contributed by atoms with Crippen LogP contribution >= 0.6 is 0 Å². The van der Waals surface area contributed by atoms with E-state index in [0.717, 1.165) is 11.1 Å². The van der Waals surface area contributed by atoms with Gasteiger partial charge in [-0.2, -0.15) is 0 Å². The molecule has 0 bridgehead atoms. The van der Waals surface area contributed by atoms with Crippen LogP contribution in [0.15, 0.2) is 46.4 Å². The molecule has 1 aromatic heterocycles. The van der Waals surface area contributed by atoms with E-state index >= 15 is 0 Å². The van der Waals surface area contributed by atoms with Gasteiger partial charge in [-0.1, -0.05) is 29.8 Å². The number of hydrogen-bond donors (Lipinski definition) is 1. The van der Waals surface area contributed by atoms with Crippen molar-refractivity contribution in [1.29, 1.82) is 0 Å². The Morgan fingerprint density at radius 2 is 1.77 bits per heavy atom. The number of amides is 2. The fourth-order valence-corrected chi connectivity index (χ4v) is 2.20. The van der Waals surface area contributed by atoms with E-state index in [9.17, 15) is 14.4 Å². The van der Waals surface area contributed by atoms with Crippen LogP contribution in [-0.4, -0.2) is 17.6 Å². The smallest absolute Gasteiger partial charge is 0.261 e. The first kappa shape index (κ1) is 14.0. The number of imide groups is 1. The SMILES string of the molecule is Cc1ccc(-c2ccc(/C=C3\C(=O)CC(=O)NC3=O)o2)cc1. The van der Waals surface area contributed by atoms with E-state index in [1.165, 1.54) is 6.08 Å². The van der Waals surface area contributed by atoms with Gasteiger partial charge in [-0.3, -0.25) is 19.7 Å². The molecule has 3 rings (SSSR count). The summed E-state index contributed by atoms with van der Waals surface area (Å²) in [6.07, 6.45) is 1.05. The van der Waals surface area contributed by atoms with Crippen LogP contribution in [0.4, 0.5) is 0 Å². The van der Waals surface area contributed by atoms with Crippen molar-refractivity contribution in [3.8, 4) is 11.3 Å². The number of furan rings is 1. The number of aryl methyl sites for hydroxylation is 1. The van der Waals surface area contributed by atoms with Crippen molar-refractivity contribution >= 4 is 23.7 Å². The fraction of sp³-hybridized carbons (Fsp3) is 0.118. The van der Waals surface area contributed by atoms with E-state index in [1.54, 1.807) is 12.1 Å². The van der Waals surface area contributed by atoms with Gasteiger partial charge in [-0.15, -0.1) is 0 Å². The number of rotatable bonds is 2. The molecule has 5 nitrogen and oxygen atoms in total. The van der Waals surface area contributed by atoms with E-state index in [-0.39, 0.29) is 12.0 Å². The molecule has 1 fully saturated rings. The van der Waals surface area contributed by atoms with Crippen LogP contribution in [-0.2, 0) is 14.4 Å². The summed E-state index contributed by atoms with van der Waals surface area (Å²) in [7, 11) is 0.